The summed E-state index contributed by atoms with van der Waals surface area (Å²) in [5.74, 6) is 0.0313. The number of sulfonamides is 1. The molecule has 1 saturated heterocycles. The van der Waals surface area contributed by atoms with Crippen LogP contribution in [0.2, 0.25) is 0 Å². The van der Waals surface area contributed by atoms with Gasteiger partial charge in [0, 0.05) is 6.42 Å². The van der Waals surface area contributed by atoms with Crippen LogP contribution in [0.25, 0.3) is 0 Å². The molecule has 3 rings (SSSR count). The van der Waals surface area contributed by atoms with Crippen LogP contribution in [-0.4, -0.2) is 24.5 Å². The van der Waals surface area contributed by atoms with E-state index in [2.05, 4.69) is 6.92 Å². The van der Waals surface area contributed by atoms with E-state index in [9.17, 15) is 13.2 Å². The van der Waals surface area contributed by atoms with E-state index in [1.54, 1.807) is 30.3 Å². The summed E-state index contributed by atoms with van der Waals surface area (Å²) in [4.78, 5) is 13.1. The van der Waals surface area contributed by atoms with Crippen LogP contribution in [0.1, 0.15) is 63.5 Å². The van der Waals surface area contributed by atoms with Gasteiger partial charge in [0.25, 0.3) is 0 Å². The maximum Gasteiger partial charge on any atom is 0.244 e. The van der Waals surface area contributed by atoms with Crippen LogP contribution in [-0.2, 0) is 14.8 Å². The Morgan fingerprint density at radius 3 is 2.07 bits per heavy atom. The van der Waals surface area contributed by atoms with E-state index in [0.717, 1.165) is 24.8 Å². The van der Waals surface area contributed by atoms with Crippen molar-refractivity contribution in [3.05, 3.63) is 66.2 Å². The smallest absolute Gasteiger partial charge is 0.244 e. The molecule has 0 aliphatic carbocycles. The van der Waals surface area contributed by atoms with Crippen LogP contribution in [0.15, 0.2) is 65.6 Å². The van der Waals surface area contributed by atoms with Crippen LogP contribution in [0, 0.1) is 0 Å². The minimum Gasteiger partial charge on any atom is -0.298 e. The summed E-state index contributed by atoms with van der Waals surface area (Å²) in [7, 11) is -3.69. The molecule has 0 radical (unpaired) electrons. The number of Topliss-reactive ketones (excluding diaryl/α,β-unsaturated/α-hetero) is 1. The summed E-state index contributed by atoms with van der Waals surface area (Å²) in [6.45, 7) is 2.18. The number of ketones is 1. The quantitative estimate of drug-likeness (QED) is 0.389. The molecule has 0 amide bonds. The first-order chi connectivity index (χ1) is 13.6. The number of nitrogens with zero attached hydrogens (tertiary/aromatic N) is 1. The molecule has 0 saturated carbocycles. The lowest BCUT2D eigenvalue weighted by atomic mass is 10.0. The molecule has 2 aromatic carbocycles. The van der Waals surface area contributed by atoms with E-state index in [-0.39, 0.29) is 16.7 Å². The Kier molecular flexibility index (Phi) is 7.03. The molecule has 28 heavy (non-hydrogen) atoms. The lowest BCUT2D eigenvalue weighted by Gasteiger charge is -2.06. The van der Waals surface area contributed by atoms with Gasteiger partial charge in [-0.15, -0.1) is 0 Å². The van der Waals surface area contributed by atoms with Gasteiger partial charge in [-0.05, 0) is 24.1 Å². The number of carbonyl (C=O) groups is 1. The third-order valence-corrected chi connectivity index (χ3v) is 7.20. The van der Waals surface area contributed by atoms with E-state index < -0.39 is 16.1 Å². The molecule has 1 aliphatic heterocycles. The van der Waals surface area contributed by atoms with Crippen molar-refractivity contribution in [3.8, 4) is 0 Å². The highest BCUT2D eigenvalue weighted by molar-refractivity contribution is 7.89. The second-order valence-corrected chi connectivity index (χ2v) is 9.28. The molecule has 3 atom stereocenters. The van der Waals surface area contributed by atoms with Crippen molar-refractivity contribution in [2.24, 2.45) is 0 Å². The minimum atomic E-state index is -3.69. The second kappa shape index (κ2) is 9.48. The molecule has 1 heterocycles. The normalized spacial score (nSPS) is 21.4. The maximum absolute atomic E-state index is 13.1. The van der Waals surface area contributed by atoms with Gasteiger partial charge in [0.05, 0.1) is 10.9 Å². The molecule has 3 unspecified atom stereocenters. The van der Waals surface area contributed by atoms with Gasteiger partial charge in [-0.2, -0.15) is 4.31 Å². The molecule has 5 heteroatoms. The Morgan fingerprint density at radius 2 is 1.43 bits per heavy atom. The van der Waals surface area contributed by atoms with Gasteiger partial charge in [0.15, 0.2) is 5.78 Å². The molecule has 0 bridgehead atoms. The van der Waals surface area contributed by atoms with Gasteiger partial charge in [0.1, 0.15) is 6.04 Å². The molecule has 0 aromatic heterocycles. The second-order valence-electron chi connectivity index (χ2n) is 7.43. The van der Waals surface area contributed by atoms with Crippen LogP contribution < -0.4 is 0 Å². The summed E-state index contributed by atoms with van der Waals surface area (Å²) in [6.07, 6.45) is 7.08. The van der Waals surface area contributed by atoms with Crippen LogP contribution in [0.5, 0.6) is 0 Å². The lowest BCUT2D eigenvalue weighted by molar-refractivity contribution is -0.119. The topological polar surface area (TPSA) is 54.2 Å². The van der Waals surface area contributed by atoms with Crippen molar-refractivity contribution in [1.82, 2.24) is 4.31 Å². The van der Waals surface area contributed by atoms with Gasteiger partial charge in [-0.3, -0.25) is 4.79 Å². The zero-order valence-corrected chi connectivity index (χ0v) is 17.3. The molecule has 1 fully saturated rings. The predicted octanol–water partition coefficient (Wildman–Crippen LogP) is 5.12. The summed E-state index contributed by atoms with van der Waals surface area (Å²) < 4.78 is 27.6. The number of carbonyl (C=O) groups excluding carboxylic acids is 1. The summed E-state index contributed by atoms with van der Waals surface area (Å²) >= 11 is 0. The average Bonchev–Trinajstić information content (AvgIpc) is 3.49. The number of rotatable bonds is 11. The van der Waals surface area contributed by atoms with E-state index in [0.29, 0.717) is 6.42 Å². The molecular formula is C23H29NO3S. The minimum absolute atomic E-state index is 0.0313. The maximum atomic E-state index is 13.1. The van der Waals surface area contributed by atoms with Crippen molar-refractivity contribution in [1.29, 1.82) is 0 Å². The lowest BCUT2D eigenvalue weighted by Crippen LogP contribution is -2.19. The first-order valence-corrected chi connectivity index (χ1v) is 11.7. The molecule has 4 nitrogen and oxygen atoms in total. The Balaban J connectivity index is 1.71. The third-order valence-electron chi connectivity index (χ3n) is 5.32. The summed E-state index contributed by atoms with van der Waals surface area (Å²) in [5.41, 5.74) is 0.878. The fraction of sp³-hybridized carbons (Fsp3) is 0.435. The van der Waals surface area contributed by atoms with Crippen LogP contribution >= 0.6 is 0 Å². The van der Waals surface area contributed by atoms with Crippen molar-refractivity contribution >= 4 is 15.8 Å². The largest absolute Gasteiger partial charge is 0.298 e. The van der Waals surface area contributed by atoms with Crippen molar-refractivity contribution in [3.63, 3.8) is 0 Å². The van der Waals surface area contributed by atoms with Crippen LogP contribution in [0.3, 0.4) is 0 Å². The molecular weight excluding hydrogens is 370 g/mol. The van der Waals surface area contributed by atoms with E-state index in [1.165, 1.54) is 23.6 Å². The van der Waals surface area contributed by atoms with E-state index >= 15 is 0 Å². The molecule has 1 aliphatic rings. The Labute approximate surface area is 168 Å². The first kappa shape index (κ1) is 20.7. The standard InChI is InChI=1S/C23H29NO3S/c1-2-3-4-5-6-13-18-21(25)23-22(19-14-9-7-10-15-19)24(23)28(26,27)20-16-11-8-12-17-20/h7-12,14-17,22-23H,2-6,13,18H2,1H3. The fourth-order valence-electron chi connectivity index (χ4n) is 3.75. The highest BCUT2D eigenvalue weighted by Crippen LogP contribution is 2.48. The predicted molar refractivity (Wildman–Crippen MR) is 111 cm³/mol. The third kappa shape index (κ3) is 4.70. The fourth-order valence-corrected chi connectivity index (χ4v) is 5.51. The Bertz CT molecular complexity index is 865. The molecule has 2 aromatic rings. The molecule has 150 valence electrons. The van der Waals surface area contributed by atoms with Crippen LogP contribution in [0.4, 0.5) is 0 Å². The summed E-state index contributed by atoms with van der Waals surface area (Å²) in [5, 5.41) is 0. The number of benzene rings is 2. The van der Waals surface area contributed by atoms with E-state index in [1.807, 2.05) is 30.3 Å². The van der Waals surface area contributed by atoms with Gasteiger partial charge in [0.2, 0.25) is 10.0 Å². The zero-order valence-electron chi connectivity index (χ0n) is 16.5. The van der Waals surface area contributed by atoms with Gasteiger partial charge < -0.3 is 0 Å². The van der Waals surface area contributed by atoms with Gasteiger partial charge in [-0.1, -0.05) is 87.6 Å². The average molecular weight is 400 g/mol. The van der Waals surface area contributed by atoms with Crippen molar-refractivity contribution < 1.29 is 13.2 Å². The SMILES string of the molecule is CCCCCCCCC(=O)C1C(c2ccccc2)N1S(=O)(=O)c1ccccc1. The van der Waals surface area contributed by atoms with Gasteiger partial charge in [-0.25, -0.2) is 8.42 Å². The number of hydrogen-bond acceptors (Lipinski definition) is 3. The molecule has 0 spiro atoms. The Morgan fingerprint density at radius 1 is 0.857 bits per heavy atom. The Hall–Kier alpha value is -1.98. The van der Waals surface area contributed by atoms with Crippen molar-refractivity contribution in [2.45, 2.75) is 68.8 Å². The number of hydrogen-bond donors (Lipinski definition) is 0. The molecule has 0 N–H and O–H groups in total. The zero-order chi connectivity index (χ0) is 20.0. The highest BCUT2D eigenvalue weighted by Gasteiger charge is 2.59. The van der Waals surface area contributed by atoms with E-state index in [4.69, 9.17) is 0 Å². The van der Waals surface area contributed by atoms with Gasteiger partial charge >= 0.3 is 0 Å². The highest BCUT2D eigenvalue weighted by atomic mass is 32.2. The number of unbranched alkanes of at least 4 members (excludes halogenated alkanes) is 5. The van der Waals surface area contributed by atoms with Crippen molar-refractivity contribution in [2.75, 3.05) is 0 Å². The first-order valence-electron chi connectivity index (χ1n) is 10.2. The monoisotopic (exact) mass is 399 g/mol. The summed E-state index contributed by atoms with van der Waals surface area (Å²) in [6, 6.07) is 16.9.